The molecule has 0 spiro atoms. The molecule has 1 N–H and O–H groups in total. The lowest BCUT2D eigenvalue weighted by Gasteiger charge is -2.39. The maximum Gasteiger partial charge on any atom is 0.415 e. The average Bonchev–Trinajstić information content (AvgIpc) is 4.06. The molecule has 0 saturated carbocycles. The molecule has 1 aromatic carbocycles. The molecule has 4 amide bonds. The highest BCUT2D eigenvalue weighted by Gasteiger charge is 2.50. The zero-order valence-corrected chi connectivity index (χ0v) is 46.4. The molecule has 4 aliphatic heterocycles. The number of hydrogen-bond donors (Lipinski definition) is 1. The molecule has 3 aromatic heterocycles. The van der Waals surface area contributed by atoms with Crippen molar-refractivity contribution in [1.29, 1.82) is 0 Å². The number of likely N-dealkylation sites (tertiary alicyclic amines) is 2. The number of nitrogens with one attached hydrogen (secondary N) is 1. The zero-order valence-electron chi connectivity index (χ0n) is 45.6. The fraction of sp³-hybridized carbons (Fsp3) is 0.607. The molecule has 20 nitrogen and oxygen atoms in total. The standard InChI is InChI=1S/C56H76N10O10S/c1-6-30-77-31-29-63(50(69)9-4)28-27-62(49(68)8-3)26-21-57-48(67)16-14-15-38-34-65(60-59-38)36-51(70)76-56(10-5)45-33-47-52-43(35-66(47)53(71)44(45)37-74-54(56)72)41(7-2)42-32-40(17-18-46(42)58-52)75-55(73)64-24-19-39(20-25-64)61-22-12-11-13-23-61/h17-18,32-34,39H,6-16,19-31,35-37H2,1-5H3,(H,57,67)/t56-/m0/s1. The van der Waals surface area contributed by atoms with E-state index in [1.54, 1.807) is 46.5 Å². The third-order valence-corrected chi connectivity index (χ3v) is 16.6. The monoisotopic (exact) mass is 1080 g/mol. The van der Waals surface area contributed by atoms with Crippen LogP contribution < -0.4 is 15.6 Å². The Morgan fingerprint density at radius 1 is 0.883 bits per heavy atom. The number of carbonyl (C=O) groups excluding carboxylic acids is 6. The minimum atomic E-state index is -1.92. The van der Waals surface area contributed by atoms with Crippen LogP contribution in [-0.2, 0) is 71.6 Å². The largest absolute Gasteiger partial charge is 0.457 e. The van der Waals surface area contributed by atoms with E-state index in [0.717, 1.165) is 60.4 Å². The van der Waals surface area contributed by atoms with E-state index >= 15 is 0 Å². The molecule has 0 aliphatic carbocycles. The first-order valence-corrected chi connectivity index (χ1v) is 29.1. The molecular weight excluding hydrogens is 1000 g/mol. The van der Waals surface area contributed by atoms with Crippen LogP contribution in [0.1, 0.15) is 133 Å². The Balaban J connectivity index is 0.867. The molecule has 77 heavy (non-hydrogen) atoms. The van der Waals surface area contributed by atoms with Crippen LogP contribution in [0.2, 0.25) is 0 Å². The lowest BCUT2D eigenvalue weighted by Crippen LogP contribution is -2.48. The van der Waals surface area contributed by atoms with E-state index < -0.39 is 17.5 Å². The number of rotatable bonds is 24. The molecular formula is C56H76N10O10S. The topological polar surface area (TPSA) is 221 Å². The Morgan fingerprint density at radius 2 is 1.62 bits per heavy atom. The van der Waals surface area contributed by atoms with Crippen LogP contribution in [0, 0.1) is 0 Å². The van der Waals surface area contributed by atoms with Gasteiger partial charge in [-0.25, -0.2) is 24.0 Å². The van der Waals surface area contributed by atoms with Gasteiger partial charge in [-0.05, 0) is 106 Å². The van der Waals surface area contributed by atoms with Gasteiger partial charge in [0.15, 0.2) is 0 Å². The summed E-state index contributed by atoms with van der Waals surface area (Å²) in [5, 5.41) is 12.0. The van der Waals surface area contributed by atoms with Gasteiger partial charge in [0, 0.05) is 99.6 Å². The van der Waals surface area contributed by atoms with Crippen molar-refractivity contribution in [3.8, 4) is 17.1 Å². The zero-order chi connectivity index (χ0) is 54.6. The molecule has 2 fully saturated rings. The maximum atomic E-state index is 14.4. The van der Waals surface area contributed by atoms with Gasteiger partial charge >= 0.3 is 18.0 Å². The molecule has 4 aromatic rings. The third-order valence-electron chi connectivity index (χ3n) is 15.4. The highest BCUT2D eigenvalue weighted by Crippen LogP contribution is 2.42. The minimum absolute atomic E-state index is 0.0156. The highest BCUT2D eigenvalue weighted by atomic mass is 32.2. The first-order chi connectivity index (χ1) is 37.3. The fourth-order valence-electron chi connectivity index (χ4n) is 11.2. The third kappa shape index (κ3) is 13.2. The second-order valence-electron chi connectivity index (χ2n) is 20.4. The lowest BCUT2D eigenvalue weighted by atomic mass is 9.85. The summed E-state index contributed by atoms with van der Waals surface area (Å²) in [5.41, 5.74) is 2.24. The van der Waals surface area contributed by atoms with Crippen molar-refractivity contribution in [2.45, 2.75) is 149 Å². The first kappa shape index (κ1) is 56.8. The number of aromatic nitrogens is 5. The molecule has 4 aliphatic rings. The molecule has 416 valence electrons. The second kappa shape index (κ2) is 26.3. The Kier molecular flexibility index (Phi) is 19.4. The van der Waals surface area contributed by atoms with Crippen LogP contribution in [0.25, 0.3) is 22.3 Å². The highest BCUT2D eigenvalue weighted by molar-refractivity contribution is 7.99. The first-order valence-electron chi connectivity index (χ1n) is 27.9. The maximum absolute atomic E-state index is 14.4. The predicted octanol–water partition coefficient (Wildman–Crippen LogP) is 5.99. The molecule has 21 heteroatoms. The van der Waals surface area contributed by atoms with Gasteiger partial charge in [-0.3, -0.25) is 19.2 Å². The van der Waals surface area contributed by atoms with Gasteiger partial charge in [-0.15, -0.1) is 5.10 Å². The number of amides is 4. The minimum Gasteiger partial charge on any atom is -0.457 e. The Hall–Kier alpha value is -6.35. The number of esters is 2. The van der Waals surface area contributed by atoms with Crippen LogP contribution in [-0.4, -0.2) is 156 Å². The smallest absolute Gasteiger partial charge is 0.415 e. The summed E-state index contributed by atoms with van der Waals surface area (Å²) >= 11 is 1.81. The lowest BCUT2D eigenvalue weighted by molar-refractivity contribution is -0.190. The van der Waals surface area contributed by atoms with E-state index in [9.17, 15) is 33.6 Å². The van der Waals surface area contributed by atoms with Gasteiger partial charge in [-0.1, -0.05) is 46.3 Å². The van der Waals surface area contributed by atoms with Crippen molar-refractivity contribution in [2.24, 2.45) is 0 Å². The number of fused-ring (bicyclic) bond motifs is 5. The predicted molar refractivity (Wildman–Crippen MR) is 291 cm³/mol. The normalized spacial score (nSPS) is 17.3. The summed E-state index contributed by atoms with van der Waals surface area (Å²) in [6.07, 6.45) is 10.3. The molecule has 2 saturated heterocycles. The summed E-state index contributed by atoms with van der Waals surface area (Å²) in [6, 6.07) is 7.64. The number of hydrogen-bond acceptors (Lipinski definition) is 15. The van der Waals surface area contributed by atoms with Crippen LogP contribution >= 0.6 is 11.8 Å². The van der Waals surface area contributed by atoms with Gasteiger partial charge in [0.05, 0.1) is 34.7 Å². The number of carbonyl (C=O) groups is 6. The van der Waals surface area contributed by atoms with Crippen molar-refractivity contribution >= 4 is 58.4 Å². The van der Waals surface area contributed by atoms with E-state index in [2.05, 4.69) is 27.5 Å². The number of ether oxygens (including phenoxy) is 3. The van der Waals surface area contributed by atoms with Crippen molar-refractivity contribution < 1.29 is 43.0 Å². The van der Waals surface area contributed by atoms with Crippen molar-refractivity contribution in [3.63, 3.8) is 0 Å². The average molecular weight is 1080 g/mol. The van der Waals surface area contributed by atoms with Gasteiger partial charge < -0.3 is 43.7 Å². The van der Waals surface area contributed by atoms with E-state index in [0.29, 0.717) is 106 Å². The molecule has 0 radical (unpaired) electrons. The molecule has 0 bridgehead atoms. The van der Waals surface area contributed by atoms with E-state index in [1.165, 1.54) is 23.9 Å². The van der Waals surface area contributed by atoms with E-state index in [1.807, 2.05) is 42.6 Å². The Bertz CT molecular complexity index is 2860. The Labute approximate surface area is 454 Å². The number of pyridine rings is 2. The summed E-state index contributed by atoms with van der Waals surface area (Å²) in [6.45, 7) is 14.7. The van der Waals surface area contributed by atoms with Crippen LogP contribution in [0.15, 0.2) is 35.3 Å². The quantitative estimate of drug-likeness (QED) is 0.0554. The Morgan fingerprint density at radius 3 is 2.32 bits per heavy atom. The van der Waals surface area contributed by atoms with Gasteiger partial charge in [-0.2, -0.15) is 11.8 Å². The number of aryl methyl sites for hydroxylation is 2. The SMILES string of the molecule is CCCSCCN(CCN(CCNC(=O)CCCc1cn(CC(=O)O[C@]2(CC)C(=O)OCc3c2cc2n(c3=O)Cc3c-2nc2ccc(OC(=O)N4CCC(N5CCCCC5)CC4)cc2c3CC)nn1)C(=O)CC)C(=O)CC. The number of nitrogens with zero attached hydrogens (tertiary/aromatic N) is 9. The van der Waals surface area contributed by atoms with Crippen LogP contribution in [0.4, 0.5) is 4.79 Å². The fourth-order valence-corrected chi connectivity index (χ4v) is 12.0. The van der Waals surface area contributed by atoms with Crippen molar-refractivity contribution in [1.82, 2.24) is 49.5 Å². The number of cyclic esters (lactones) is 1. The summed E-state index contributed by atoms with van der Waals surface area (Å²) in [4.78, 5) is 107. The molecule has 0 unspecified atom stereocenters. The second-order valence-corrected chi connectivity index (χ2v) is 21.6. The van der Waals surface area contributed by atoms with Gasteiger partial charge in [0.2, 0.25) is 23.3 Å². The summed E-state index contributed by atoms with van der Waals surface area (Å²) < 4.78 is 20.5. The van der Waals surface area contributed by atoms with E-state index in [-0.39, 0.29) is 79.6 Å². The molecule has 7 heterocycles. The van der Waals surface area contributed by atoms with E-state index in [4.69, 9.17) is 19.2 Å². The van der Waals surface area contributed by atoms with Crippen LogP contribution in [0.3, 0.4) is 0 Å². The van der Waals surface area contributed by atoms with Crippen molar-refractivity contribution in [3.05, 3.63) is 68.8 Å². The van der Waals surface area contributed by atoms with Crippen molar-refractivity contribution in [2.75, 3.05) is 70.4 Å². The number of benzene rings is 1. The number of piperidine rings is 2. The molecule has 1 atom stereocenters. The summed E-state index contributed by atoms with van der Waals surface area (Å²) in [7, 11) is 0. The number of thioether (sulfide) groups is 1. The summed E-state index contributed by atoms with van der Waals surface area (Å²) in [5.74, 6) is 0.544. The van der Waals surface area contributed by atoms with Crippen LogP contribution in [0.5, 0.6) is 5.75 Å². The molecule has 8 rings (SSSR count). The van der Waals surface area contributed by atoms with Gasteiger partial charge in [0.25, 0.3) is 5.56 Å². The van der Waals surface area contributed by atoms with Gasteiger partial charge in [0.1, 0.15) is 18.9 Å².